The Morgan fingerprint density at radius 2 is 1.85 bits per heavy atom. The molecule has 0 bridgehead atoms. The van der Waals surface area contributed by atoms with Crippen LogP contribution >= 0.6 is 11.6 Å². The lowest BCUT2D eigenvalue weighted by Crippen LogP contribution is -2.13. The van der Waals surface area contributed by atoms with Gasteiger partial charge in [0.05, 0.1) is 19.4 Å². The van der Waals surface area contributed by atoms with E-state index in [1.807, 2.05) is 43.3 Å². The molecule has 0 unspecified atom stereocenters. The van der Waals surface area contributed by atoms with E-state index in [0.717, 1.165) is 16.9 Å². The van der Waals surface area contributed by atoms with Crippen molar-refractivity contribution in [3.63, 3.8) is 0 Å². The largest absolute Gasteiger partial charge is 0.490 e. The number of rotatable bonds is 9. The van der Waals surface area contributed by atoms with Crippen LogP contribution < -0.4 is 14.8 Å². The number of furan rings is 1. The molecule has 0 amide bonds. The molecule has 2 aromatic carbocycles. The van der Waals surface area contributed by atoms with Gasteiger partial charge in [-0.05, 0) is 43.2 Å². The first kappa shape index (κ1) is 19.3. The fourth-order valence-corrected chi connectivity index (χ4v) is 3.01. The van der Waals surface area contributed by atoms with Crippen LogP contribution in [-0.4, -0.2) is 6.61 Å². The molecule has 142 valence electrons. The van der Waals surface area contributed by atoms with Crippen LogP contribution in [-0.2, 0) is 19.7 Å². The predicted molar refractivity (Wildman–Crippen MR) is 107 cm³/mol. The molecule has 0 radical (unpaired) electrons. The maximum Gasteiger partial charge on any atom is 0.163 e. The minimum atomic E-state index is 0.466. The van der Waals surface area contributed by atoms with Crippen LogP contribution in [0.3, 0.4) is 0 Å². The lowest BCUT2D eigenvalue weighted by atomic mass is 10.1. The Morgan fingerprint density at radius 1 is 1.00 bits per heavy atom. The van der Waals surface area contributed by atoms with Gasteiger partial charge in [-0.1, -0.05) is 41.4 Å². The Hall–Kier alpha value is -2.43. The van der Waals surface area contributed by atoms with Crippen LogP contribution in [0.4, 0.5) is 0 Å². The van der Waals surface area contributed by atoms with Crippen molar-refractivity contribution in [3.8, 4) is 11.5 Å². The van der Waals surface area contributed by atoms with E-state index in [0.29, 0.717) is 42.8 Å². The number of halogens is 1. The molecule has 0 spiro atoms. The van der Waals surface area contributed by atoms with Crippen molar-refractivity contribution in [1.29, 1.82) is 0 Å². The van der Waals surface area contributed by atoms with Crippen LogP contribution in [0.2, 0.25) is 5.02 Å². The Labute approximate surface area is 165 Å². The zero-order valence-corrected chi connectivity index (χ0v) is 16.4. The van der Waals surface area contributed by atoms with E-state index in [1.165, 1.54) is 5.56 Å². The molecule has 0 atom stereocenters. The molecule has 4 nitrogen and oxygen atoms in total. The predicted octanol–water partition coefficient (Wildman–Crippen LogP) is 5.51. The van der Waals surface area contributed by atoms with Gasteiger partial charge < -0.3 is 19.2 Å². The van der Waals surface area contributed by atoms with E-state index < -0.39 is 0 Å². The number of aryl methyl sites for hydroxylation is 1. The maximum atomic E-state index is 6.47. The summed E-state index contributed by atoms with van der Waals surface area (Å²) in [5.74, 6) is 2.23. The van der Waals surface area contributed by atoms with Gasteiger partial charge >= 0.3 is 0 Å². The fourth-order valence-electron chi connectivity index (χ4n) is 2.79. The zero-order valence-electron chi connectivity index (χ0n) is 15.6. The van der Waals surface area contributed by atoms with Gasteiger partial charge in [-0.2, -0.15) is 0 Å². The summed E-state index contributed by atoms with van der Waals surface area (Å²) in [7, 11) is 0. The number of hydrogen-bond acceptors (Lipinski definition) is 4. The molecule has 3 rings (SSSR count). The second-order valence-corrected chi connectivity index (χ2v) is 6.69. The quantitative estimate of drug-likeness (QED) is 0.527. The highest BCUT2D eigenvalue weighted by Gasteiger charge is 2.12. The Morgan fingerprint density at radius 3 is 2.59 bits per heavy atom. The molecular formula is C22H24ClNO3. The normalized spacial score (nSPS) is 10.8. The summed E-state index contributed by atoms with van der Waals surface area (Å²) in [6.07, 6.45) is 1.66. The Kier molecular flexibility index (Phi) is 6.80. The Bertz CT molecular complexity index is 862. The summed E-state index contributed by atoms with van der Waals surface area (Å²) in [5.41, 5.74) is 3.27. The van der Waals surface area contributed by atoms with Crippen LogP contribution in [0, 0.1) is 6.92 Å². The highest BCUT2D eigenvalue weighted by molar-refractivity contribution is 6.31. The van der Waals surface area contributed by atoms with Gasteiger partial charge in [-0.25, -0.2) is 0 Å². The van der Waals surface area contributed by atoms with E-state index in [1.54, 1.807) is 6.26 Å². The second-order valence-electron chi connectivity index (χ2n) is 6.28. The van der Waals surface area contributed by atoms with E-state index in [4.69, 9.17) is 25.5 Å². The van der Waals surface area contributed by atoms with Crippen molar-refractivity contribution in [2.24, 2.45) is 0 Å². The second kappa shape index (κ2) is 9.49. The first-order valence-electron chi connectivity index (χ1n) is 9.02. The third-order valence-electron chi connectivity index (χ3n) is 4.08. The average molecular weight is 386 g/mol. The molecule has 3 aromatic rings. The highest BCUT2D eigenvalue weighted by atomic mass is 35.5. The summed E-state index contributed by atoms with van der Waals surface area (Å²) in [5, 5.41) is 3.97. The first-order chi connectivity index (χ1) is 13.2. The minimum absolute atomic E-state index is 0.466. The third-order valence-corrected chi connectivity index (χ3v) is 4.44. The summed E-state index contributed by atoms with van der Waals surface area (Å²) in [6, 6.07) is 15.8. The van der Waals surface area contributed by atoms with Crippen molar-refractivity contribution in [1.82, 2.24) is 5.32 Å². The van der Waals surface area contributed by atoms with E-state index >= 15 is 0 Å². The first-order valence-corrected chi connectivity index (χ1v) is 9.40. The standard InChI is InChI=1S/C22H24ClNO3/c1-3-25-21-11-18(13-24-14-19-8-5-9-26-19)20(23)12-22(21)27-15-17-7-4-6-16(2)10-17/h4-12,24H,3,13-15H2,1-2H3. The molecule has 0 aliphatic rings. The lowest BCUT2D eigenvalue weighted by Gasteiger charge is -2.15. The lowest BCUT2D eigenvalue weighted by molar-refractivity contribution is 0.269. The molecule has 0 aliphatic heterocycles. The molecule has 0 aliphatic carbocycles. The smallest absolute Gasteiger partial charge is 0.163 e. The number of benzene rings is 2. The Balaban J connectivity index is 1.68. The number of hydrogen-bond donors (Lipinski definition) is 1. The van der Waals surface area contributed by atoms with Gasteiger partial charge in [-0.15, -0.1) is 0 Å². The fraction of sp³-hybridized carbons (Fsp3) is 0.273. The molecule has 1 aromatic heterocycles. The molecule has 0 saturated heterocycles. The summed E-state index contributed by atoms with van der Waals surface area (Å²) >= 11 is 6.47. The van der Waals surface area contributed by atoms with Crippen molar-refractivity contribution in [2.45, 2.75) is 33.5 Å². The van der Waals surface area contributed by atoms with Gasteiger partial charge in [0.2, 0.25) is 0 Å². The molecule has 0 fully saturated rings. The molecule has 27 heavy (non-hydrogen) atoms. The van der Waals surface area contributed by atoms with Crippen LogP contribution in [0.1, 0.15) is 29.4 Å². The van der Waals surface area contributed by atoms with Gasteiger partial charge in [0, 0.05) is 17.6 Å². The van der Waals surface area contributed by atoms with Crippen molar-refractivity contribution in [3.05, 3.63) is 82.3 Å². The van der Waals surface area contributed by atoms with E-state index in [-0.39, 0.29) is 0 Å². The summed E-state index contributed by atoms with van der Waals surface area (Å²) < 4.78 is 17.1. The minimum Gasteiger partial charge on any atom is -0.490 e. The maximum absolute atomic E-state index is 6.47. The topological polar surface area (TPSA) is 43.6 Å². The van der Waals surface area contributed by atoms with Crippen molar-refractivity contribution >= 4 is 11.6 Å². The van der Waals surface area contributed by atoms with Crippen molar-refractivity contribution in [2.75, 3.05) is 6.61 Å². The molecule has 1 heterocycles. The SMILES string of the molecule is CCOc1cc(CNCc2ccco2)c(Cl)cc1OCc1cccc(C)c1. The van der Waals surface area contributed by atoms with Crippen LogP contribution in [0.15, 0.2) is 59.2 Å². The monoisotopic (exact) mass is 385 g/mol. The molecular weight excluding hydrogens is 362 g/mol. The molecule has 0 saturated carbocycles. The average Bonchev–Trinajstić information content (AvgIpc) is 3.16. The molecule has 1 N–H and O–H groups in total. The summed E-state index contributed by atoms with van der Waals surface area (Å²) in [6.45, 7) is 6.29. The zero-order chi connectivity index (χ0) is 19.1. The van der Waals surface area contributed by atoms with E-state index in [9.17, 15) is 0 Å². The van der Waals surface area contributed by atoms with Gasteiger partial charge in [0.15, 0.2) is 11.5 Å². The third kappa shape index (κ3) is 5.52. The van der Waals surface area contributed by atoms with Gasteiger partial charge in [0.1, 0.15) is 12.4 Å². The van der Waals surface area contributed by atoms with Crippen molar-refractivity contribution < 1.29 is 13.9 Å². The number of nitrogens with one attached hydrogen (secondary N) is 1. The molecule has 5 heteroatoms. The van der Waals surface area contributed by atoms with Gasteiger partial charge in [0.25, 0.3) is 0 Å². The highest BCUT2D eigenvalue weighted by Crippen LogP contribution is 2.34. The summed E-state index contributed by atoms with van der Waals surface area (Å²) in [4.78, 5) is 0. The van der Waals surface area contributed by atoms with Gasteiger partial charge in [-0.3, -0.25) is 0 Å². The van der Waals surface area contributed by atoms with Crippen LogP contribution in [0.5, 0.6) is 11.5 Å². The number of ether oxygens (including phenoxy) is 2. The van der Waals surface area contributed by atoms with Crippen LogP contribution in [0.25, 0.3) is 0 Å². The van der Waals surface area contributed by atoms with E-state index in [2.05, 4.69) is 24.4 Å².